The molecule has 2 aromatic rings. The number of hydrogen-bond acceptors (Lipinski definition) is 5. The van der Waals surface area contributed by atoms with E-state index in [1.54, 1.807) is 25.1 Å². The van der Waals surface area contributed by atoms with Crippen molar-refractivity contribution < 1.29 is 17.9 Å². The minimum Gasteiger partial charge on any atom is -0.461 e. The molecule has 1 fully saturated rings. The number of aryl methyl sites for hydroxylation is 1. The Hall–Kier alpha value is -1.90. The van der Waals surface area contributed by atoms with E-state index in [1.807, 2.05) is 11.6 Å². The molecule has 1 aromatic heterocycles. The third kappa shape index (κ3) is 4.96. The third-order valence-corrected chi connectivity index (χ3v) is 7.84. The number of carbonyl (C=O) groups is 1. The molecule has 31 heavy (non-hydrogen) atoms. The molecule has 0 amide bonds. The summed E-state index contributed by atoms with van der Waals surface area (Å²) >= 11 is 6.14. The second kappa shape index (κ2) is 8.92. The Labute approximate surface area is 189 Å². The molecule has 1 aliphatic rings. The van der Waals surface area contributed by atoms with Crippen LogP contribution in [0.1, 0.15) is 68.3 Å². The molecule has 0 saturated carbocycles. The molecule has 0 spiro atoms. The van der Waals surface area contributed by atoms with E-state index in [9.17, 15) is 13.2 Å². The van der Waals surface area contributed by atoms with E-state index in [4.69, 9.17) is 16.3 Å². The number of carbonyl (C=O) groups excluding carboxylic acids is 1. The van der Waals surface area contributed by atoms with E-state index in [0.717, 1.165) is 11.3 Å². The molecule has 2 heterocycles. The molecular weight excluding hydrogens is 438 g/mol. The van der Waals surface area contributed by atoms with Gasteiger partial charge in [0.15, 0.2) is 5.69 Å². The monoisotopic (exact) mass is 467 g/mol. The van der Waals surface area contributed by atoms with Crippen LogP contribution in [0.4, 0.5) is 0 Å². The highest BCUT2D eigenvalue weighted by Gasteiger charge is 2.33. The lowest BCUT2D eigenvalue weighted by molar-refractivity contribution is 0.0517. The van der Waals surface area contributed by atoms with Crippen LogP contribution in [0.3, 0.4) is 0 Å². The van der Waals surface area contributed by atoms with Gasteiger partial charge in [-0.3, -0.25) is 4.68 Å². The molecule has 3 rings (SSSR count). The number of ether oxygens (including phenoxy) is 1. The standard InChI is InChI=1S/C22H30ClN3O4S/c1-6-30-21(27)19-14-20(22(3,4)5)26(24-19)16-9-11-25(12-10-16)31(28,29)17-8-7-15(2)18(23)13-17/h7-8,13-14,16H,6,9-12H2,1-5H3. The van der Waals surface area contributed by atoms with Gasteiger partial charge in [0.25, 0.3) is 0 Å². The lowest BCUT2D eigenvalue weighted by atomic mass is 9.91. The minimum atomic E-state index is -3.62. The largest absolute Gasteiger partial charge is 0.461 e. The summed E-state index contributed by atoms with van der Waals surface area (Å²) in [5.41, 5.74) is 1.84. The summed E-state index contributed by atoms with van der Waals surface area (Å²) in [6.45, 7) is 10.8. The van der Waals surface area contributed by atoms with E-state index in [0.29, 0.717) is 31.0 Å². The van der Waals surface area contributed by atoms with Crippen molar-refractivity contribution in [2.75, 3.05) is 19.7 Å². The van der Waals surface area contributed by atoms with E-state index < -0.39 is 16.0 Å². The number of benzene rings is 1. The van der Waals surface area contributed by atoms with Crippen LogP contribution in [0.25, 0.3) is 0 Å². The molecule has 1 aliphatic heterocycles. The zero-order valence-electron chi connectivity index (χ0n) is 18.7. The van der Waals surface area contributed by atoms with Crippen LogP contribution in [0, 0.1) is 6.92 Å². The number of sulfonamides is 1. The van der Waals surface area contributed by atoms with E-state index in [1.165, 1.54) is 10.4 Å². The first kappa shape index (κ1) is 23.8. The van der Waals surface area contributed by atoms with Gasteiger partial charge in [0, 0.05) is 29.2 Å². The van der Waals surface area contributed by atoms with Crippen molar-refractivity contribution in [3.05, 3.63) is 46.2 Å². The van der Waals surface area contributed by atoms with Crippen molar-refractivity contribution >= 4 is 27.6 Å². The Morgan fingerprint density at radius 1 is 1.23 bits per heavy atom. The maximum Gasteiger partial charge on any atom is 0.358 e. The fraction of sp³-hybridized carbons (Fsp3) is 0.545. The van der Waals surface area contributed by atoms with Crippen molar-refractivity contribution in [1.29, 1.82) is 0 Å². The summed E-state index contributed by atoms with van der Waals surface area (Å²) in [7, 11) is -3.62. The summed E-state index contributed by atoms with van der Waals surface area (Å²) in [6.07, 6.45) is 1.21. The number of hydrogen-bond donors (Lipinski definition) is 0. The van der Waals surface area contributed by atoms with Gasteiger partial charge in [0.2, 0.25) is 10.0 Å². The summed E-state index contributed by atoms with van der Waals surface area (Å²) in [5, 5.41) is 4.98. The van der Waals surface area contributed by atoms with Crippen LogP contribution in [0.5, 0.6) is 0 Å². The van der Waals surface area contributed by atoms with Gasteiger partial charge in [-0.25, -0.2) is 13.2 Å². The highest BCUT2D eigenvalue weighted by molar-refractivity contribution is 7.89. The van der Waals surface area contributed by atoms with Crippen LogP contribution >= 0.6 is 11.6 Å². The van der Waals surface area contributed by atoms with Crippen molar-refractivity contribution in [3.8, 4) is 0 Å². The Balaban J connectivity index is 1.81. The van der Waals surface area contributed by atoms with Crippen LogP contribution < -0.4 is 0 Å². The average Bonchev–Trinajstić information content (AvgIpc) is 3.16. The second-order valence-corrected chi connectivity index (χ2v) is 11.2. The highest BCUT2D eigenvalue weighted by Crippen LogP contribution is 2.32. The molecule has 170 valence electrons. The Morgan fingerprint density at radius 2 is 1.87 bits per heavy atom. The number of nitrogens with zero attached hydrogens (tertiary/aromatic N) is 3. The van der Waals surface area contributed by atoms with Crippen LogP contribution in [0.15, 0.2) is 29.2 Å². The topological polar surface area (TPSA) is 81.5 Å². The molecule has 1 aromatic carbocycles. The Morgan fingerprint density at radius 3 is 2.42 bits per heavy atom. The summed E-state index contributed by atoms with van der Waals surface area (Å²) < 4.78 is 34.6. The fourth-order valence-electron chi connectivity index (χ4n) is 3.75. The lowest BCUT2D eigenvalue weighted by Crippen LogP contribution is -2.40. The normalized spacial score (nSPS) is 16.5. The first-order chi connectivity index (χ1) is 14.4. The molecule has 1 saturated heterocycles. The SMILES string of the molecule is CCOC(=O)c1cc(C(C)(C)C)n(C2CCN(S(=O)(=O)c3ccc(C)c(Cl)c3)CC2)n1. The molecule has 0 bridgehead atoms. The predicted octanol–water partition coefficient (Wildman–Crippen LogP) is 4.34. The van der Waals surface area contributed by atoms with E-state index in [-0.39, 0.29) is 28.7 Å². The Bertz CT molecular complexity index is 1060. The molecule has 0 aliphatic carbocycles. The van der Waals surface area contributed by atoms with Crippen molar-refractivity contribution in [3.63, 3.8) is 0 Å². The van der Waals surface area contributed by atoms with Gasteiger partial charge in [0.05, 0.1) is 17.5 Å². The first-order valence-corrected chi connectivity index (χ1v) is 12.3. The molecule has 0 atom stereocenters. The van der Waals surface area contributed by atoms with Gasteiger partial charge in [-0.1, -0.05) is 38.4 Å². The van der Waals surface area contributed by atoms with Gasteiger partial charge < -0.3 is 4.74 Å². The third-order valence-electron chi connectivity index (χ3n) is 5.54. The fourth-order valence-corrected chi connectivity index (χ4v) is 5.49. The van der Waals surface area contributed by atoms with Crippen LogP contribution in [0.2, 0.25) is 5.02 Å². The van der Waals surface area contributed by atoms with Gasteiger partial charge in [-0.05, 0) is 50.5 Å². The number of esters is 1. The zero-order chi connectivity index (χ0) is 23.0. The molecule has 9 heteroatoms. The summed E-state index contributed by atoms with van der Waals surface area (Å²) in [5.74, 6) is -0.442. The quantitative estimate of drug-likeness (QED) is 0.611. The van der Waals surface area contributed by atoms with Crippen LogP contribution in [-0.2, 0) is 20.2 Å². The van der Waals surface area contributed by atoms with Crippen molar-refractivity contribution in [1.82, 2.24) is 14.1 Å². The van der Waals surface area contributed by atoms with Crippen molar-refractivity contribution in [2.45, 2.75) is 63.8 Å². The number of rotatable bonds is 5. The van der Waals surface area contributed by atoms with Gasteiger partial charge in [-0.2, -0.15) is 9.40 Å². The maximum absolute atomic E-state index is 13.1. The molecule has 0 radical (unpaired) electrons. The second-order valence-electron chi connectivity index (χ2n) is 8.88. The molecule has 0 N–H and O–H groups in total. The average molecular weight is 468 g/mol. The lowest BCUT2D eigenvalue weighted by Gasteiger charge is -2.33. The molecular formula is C22H30ClN3O4S. The Kier molecular flexibility index (Phi) is 6.84. The minimum absolute atomic E-state index is 0.00505. The zero-order valence-corrected chi connectivity index (χ0v) is 20.3. The van der Waals surface area contributed by atoms with Gasteiger partial charge in [-0.15, -0.1) is 0 Å². The van der Waals surface area contributed by atoms with E-state index >= 15 is 0 Å². The summed E-state index contributed by atoms with van der Waals surface area (Å²) in [4.78, 5) is 12.4. The van der Waals surface area contributed by atoms with E-state index in [2.05, 4.69) is 25.9 Å². The number of halogens is 1. The van der Waals surface area contributed by atoms with Crippen LogP contribution in [-0.4, -0.2) is 48.2 Å². The van der Waals surface area contributed by atoms with Gasteiger partial charge >= 0.3 is 5.97 Å². The number of piperidine rings is 1. The predicted molar refractivity (Wildman–Crippen MR) is 120 cm³/mol. The first-order valence-electron chi connectivity index (χ1n) is 10.5. The smallest absolute Gasteiger partial charge is 0.358 e. The molecule has 7 nitrogen and oxygen atoms in total. The van der Waals surface area contributed by atoms with Gasteiger partial charge in [0.1, 0.15) is 0 Å². The van der Waals surface area contributed by atoms with Crippen molar-refractivity contribution in [2.24, 2.45) is 0 Å². The number of aromatic nitrogens is 2. The maximum atomic E-state index is 13.1. The molecule has 0 unspecified atom stereocenters. The summed E-state index contributed by atoms with van der Waals surface area (Å²) in [6, 6.07) is 6.62. The highest BCUT2D eigenvalue weighted by atomic mass is 35.5.